The van der Waals surface area contributed by atoms with Crippen molar-refractivity contribution < 1.29 is 9.53 Å². The van der Waals surface area contributed by atoms with Gasteiger partial charge in [-0.1, -0.05) is 12.1 Å². The third kappa shape index (κ3) is 5.50. The Kier molecular flexibility index (Phi) is 6.95. The van der Waals surface area contributed by atoms with E-state index in [-0.39, 0.29) is 5.91 Å². The van der Waals surface area contributed by atoms with Crippen LogP contribution >= 0.6 is 27.3 Å². The summed E-state index contributed by atoms with van der Waals surface area (Å²) in [5.41, 5.74) is 1.85. The van der Waals surface area contributed by atoms with Gasteiger partial charge in [0.05, 0.1) is 10.7 Å². The largest absolute Gasteiger partial charge is 0.487 e. The molecule has 0 radical (unpaired) electrons. The molecular weight excluding hydrogens is 438 g/mol. The first-order valence-corrected chi connectivity index (χ1v) is 10.5. The lowest BCUT2D eigenvalue weighted by Gasteiger charge is -2.17. The van der Waals surface area contributed by atoms with Crippen LogP contribution in [0.25, 0.3) is 6.08 Å². The molecule has 0 aliphatic rings. The lowest BCUT2D eigenvalue weighted by atomic mass is 10.2. The Morgan fingerprint density at radius 2 is 2.04 bits per heavy atom. The van der Waals surface area contributed by atoms with Crippen molar-refractivity contribution >= 4 is 45.1 Å². The predicted molar refractivity (Wildman–Crippen MR) is 117 cm³/mol. The second-order valence-electron chi connectivity index (χ2n) is 5.97. The predicted octanol–water partition coefficient (Wildman–Crippen LogP) is 5.25. The summed E-state index contributed by atoms with van der Waals surface area (Å²) in [5, 5.41) is 3.03. The number of carbonyl (C=O) groups excluding carboxylic acids is 1. The van der Waals surface area contributed by atoms with Crippen molar-refractivity contribution in [2.24, 2.45) is 0 Å². The third-order valence-electron chi connectivity index (χ3n) is 3.92. The molecule has 1 aromatic carbocycles. The van der Waals surface area contributed by atoms with E-state index in [1.54, 1.807) is 34.6 Å². The van der Waals surface area contributed by atoms with E-state index in [0.29, 0.717) is 19.0 Å². The molecule has 2 aromatic heterocycles. The van der Waals surface area contributed by atoms with Gasteiger partial charge in [-0.2, -0.15) is 0 Å². The Morgan fingerprint density at radius 1 is 1.25 bits per heavy atom. The number of rotatable bonds is 7. The van der Waals surface area contributed by atoms with Gasteiger partial charge in [0.1, 0.15) is 18.2 Å². The second-order valence-corrected chi connectivity index (χ2v) is 7.94. The zero-order chi connectivity index (χ0) is 19.9. The molecule has 3 rings (SSSR count). The van der Waals surface area contributed by atoms with E-state index >= 15 is 0 Å². The number of benzene rings is 1. The molecule has 144 valence electrons. The van der Waals surface area contributed by atoms with Crippen molar-refractivity contribution in [1.29, 1.82) is 0 Å². The molecule has 2 heterocycles. The summed E-state index contributed by atoms with van der Waals surface area (Å²) in [6.45, 7) is 4.89. The maximum absolute atomic E-state index is 12.5. The van der Waals surface area contributed by atoms with Crippen LogP contribution in [0.15, 0.2) is 58.5 Å². The number of amides is 1. The minimum absolute atomic E-state index is 0.114. The highest BCUT2D eigenvalue weighted by Gasteiger charge is 2.12. The van der Waals surface area contributed by atoms with Crippen molar-refractivity contribution in [3.05, 3.63) is 74.8 Å². The average molecular weight is 458 g/mol. The van der Waals surface area contributed by atoms with Crippen molar-refractivity contribution in [3.8, 4) is 5.75 Å². The van der Waals surface area contributed by atoms with Crippen LogP contribution in [0, 0.1) is 6.92 Å². The molecule has 0 N–H and O–H groups in total. The number of likely N-dealkylation sites (N-methyl/N-ethyl adjacent to an activating group) is 1. The number of aromatic nitrogens is 2. The van der Waals surface area contributed by atoms with Crippen LogP contribution in [-0.2, 0) is 11.4 Å². The summed E-state index contributed by atoms with van der Waals surface area (Å²) in [5.74, 6) is 1.28. The molecule has 0 aliphatic carbocycles. The maximum atomic E-state index is 12.5. The highest BCUT2D eigenvalue weighted by atomic mass is 79.9. The summed E-state index contributed by atoms with van der Waals surface area (Å²) >= 11 is 4.96. The number of carbonyl (C=O) groups is 1. The number of hydrogen-bond donors (Lipinski definition) is 0. The van der Waals surface area contributed by atoms with E-state index in [1.807, 2.05) is 55.6 Å². The van der Waals surface area contributed by atoms with Gasteiger partial charge in [0.2, 0.25) is 0 Å². The number of pyridine rings is 1. The molecule has 0 saturated carbocycles. The molecule has 1 amide bonds. The van der Waals surface area contributed by atoms with Crippen molar-refractivity contribution in [1.82, 2.24) is 9.97 Å². The fourth-order valence-corrected chi connectivity index (χ4v) is 3.35. The molecule has 7 heteroatoms. The minimum Gasteiger partial charge on any atom is -0.487 e. The van der Waals surface area contributed by atoms with Crippen molar-refractivity contribution in [2.75, 3.05) is 11.4 Å². The first-order chi connectivity index (χ1) is 13.5. The minimum atomic E-state index is -0.114. The van der Waals surface area contributed by atoms with E-state index in [2.05, 4.69) is 25.9 Å². The lowest BCUT2D eigenvalue weighted by Crippen LogP contribution is -2.29. The summed E-state index contributed by atoms with van der Waals surface area (Å²) in [6.07, 6.45) is 5.03. The topological polar surface area (TPSA) is 55.3 Å². The highest BCUT2D eigenvalue weighted by molar-refractivity contribution is 9.10. The number of thiazole rings is 1. The molecule has 28 heavy (non-hydrogen) atoms. The number of ether oxygens (including phenoxy) is 1. The van der Waals surface area contributed by atoms with Crippen LogP contribution in [0.1, 0.15) is 23.2 Å². The molecule has 0 bridgehead atoms. The SMILES string of the molecule is CCN(C(=O)/C=C/c1ccc(OCc2csc(C)n2)cc1)c1ccc(Br)cn1. The Bertz CT molecular complexity index is 953. The van der Waals surface area contributed by atoms with Crippen molar-refractivity contribution in [2.45, 2.75) is 20.5 Å². The Hall–Kier alpha value is -2.51. The van der Waals surface area contributed by atoms with Gasteiger partial charge in [-0.05, 0) is 65.7 Å². The van der Waals surface area contributed by atoms with Gasteiger partial charge in [0, 0.05) is 28.7 Å². The maximum Gasteiger partial charge on any atom is 0.252 e. The summed E-state index contributed by atoms with van der Waals surface area (Å²) in [6, 6.07) is 11.3. The molecule has 0 unspecified atom stereocenters. The zero-order valence-electron chi connectivity index (χ0n) is 15.6. The van der Waals surface area contributed by atoms with Gasteiger partial charge < -0.3 is 4.74 Å². The molecule has 0 spiro atoms. The number of aryl methyl sites for hydroxylation is 1. The number of halogens is 1. The van der Waals surface area contributed by atoms with E-state index in [9.17, 15) is 4.79 Å². The Labute approximate surface area is 176 Å². The van der Waals surface area contributed by atoms with Gasteiger partial charge in [-0.3, -0.25) is 9.69 Å². The first kappa shape index (κ1) is 20.2. The van der Waals surface area contributed by atoms with E-state index in [4.69, 9.17) is 4.74 Å². The summed E-state index contributed by atoms with van der Waals surface area (Å²) in [4.78, 5) is 22.8. The normalized spacial score (nSPS) is 11.0. The number of hydrogen-bond acceptors (Lipinski definition) is 5. The quantitative estimate of drug-likeness (QED) is 0.454. The van der Waals surface area contributed by atoms with Crippen LogP contribution in [0.5, 0.6) is 5.75 Å². The monoisotopic (exact) mass is 457 g/mol. The summed E-state index contributed by atoms with van der Waals surface area (Å²) in [7, 11) is 0. The lowest BCUT2D eigenvalue weighted by molar-refractivity contribution is -0.114. The molecular formula is C21H20BrN3O2S. The second kappa shape index (κ2) is 9.61. The van der Waals surface area contributed by atoms with Crippen LogP contribution < -0.4 is 9.64 Å². The third-order valence-corrected chi connectivity index (χ3v) is 5.21. The van der Waals surface area contributed by atoms with Crippen LogP contribution in [0.3, 0.4) is 0 Å². The fraction of sp³-hybridized carbons (Fsp3) is 0.190. The van der Waals surface area contributed by atoms with Crippen molar-refractivity contribution in [3.63, 3.8) is 0 Å². The van der Waals surface area contributed by atoms with Crippen LogP contribution in [-0.4, -0.2) is 22.4 Å². The molecule has 0 aliphatic heterocycles. The van der Waals surface area contributed by atoms with Gasteiger partial charge in [-0.25, -0.2) is 9.97 Å². The smallest absolute Gasteiger partial charge is 0.252 e. The fourth-order valence-electron chi connectivity index (χ4n) is 2.52. The molecule has 5 nitrogen and oxygen atoms in total. The number of nitrogens with zero attached hydrogens (tertiary/aromatic N) is 3. The average Bonchev–Trinajstić information content (AvgIpc) is 3.13. The number of anilines is 1. The summed E-state index contributed by atoms with van der Waals surface area (Å²) < 4.78 is 6.62. The highest BCUT2D eigenvalue weighted by Crippen LogP contribution is 2.18. The standard InChI is InChI=1S/C21H20BrN3O2S/c1-3-25(20-10-7-17(22)12-23-20)21(26)11-6-16-4-8-19(9-5-16)27-13-18-14-28-15(2)24-18/h4-12,14H,3,13H2,1-2H3/b11-6+. The van der Waals surface area contributed by atoms with Crippen LogP contribution in [0.4, 0.5) is 5.82 Å². The molecule has 0 saturated heterocycles. The van der Waals surface area contributed by atoms with E-state index in [0.717, 1.165) is 26.5 Å². The van der Waals surface area contributed by atoms with Gasteiger partial charge in [0.25, 0.3) is 5.91 Å². The van der Waals surface area contributed by atoms with Gasteiger partial charge in [0.15, 0.2) is 0 Å². The van der Waals surface area contributed by atoms with Gasteiger partial charge in [-0.15, -0.1) is 11.3 Å². The van der Waals surface area contributed by atoms with Crippen LogP contribution in [0.2, 0.25) is 0 Å². The first-order valence-electron chi connectivity index (χ1n) is 8.80. The van der Waals surface area contributed by atoms with Gasteiger partial charge >= 0.3 is 0 Å². The molecule has 0 fully saturated rings. The molecule has 0 atom stereocenters. The molecule has 3 aromatic rings. The van der Waals surface area contributed by atoms with E-state index < -0.39 is 0 Å². The van der Waals surface area contributed by atoms with E-state index in [1.165, 1.54) is 0 Å². The Balaban J connectivity index is 1.59. The zero-order valence-corrected chi connectivity index (χ0v) is 18.0. The Morgan fingerprint density at radius 3 is 2.64 bits per heavy atom.